The van der Waals surface area contributed by atoms with Gasteiger partial charge in [0.25, 0.3) is 11.8 Å². The summed E-state index contributed by atoms with van der Waals surface area (Å²) in [4.78, 5) is 27.2. The Labute approximate surface area is 220 Å². The van der Waals surface area contributed by atoms with Gasteiger partial charge in [-0.05, 0) is 36.4 Å². The number of carbonyl (C=O) groups excluding carboxylic acids is 2. The molecule has 1 aromatic heterocycles. The van der Waals surface area contributed by atoms with Gasteiger partial charge in [-0.1, -0.05) is 11.3 Å². The molecule has 2 amide bonds. The van der Waals surface area contributed by atoms with E-state index >= 15 is 0 Å². The average molecular weight is 551 g/mol. The van der Waals surface area contributed by atoms with Gasteiger partial charge in [0.2, 0.25) is 0 Å². The topological polar surface area (TPSA) is 111 Å². The zero-order valence-electron chi connectivity index (χ0n) is 20.7. The van der Waals surface area contributed by atoms with E-state index in [0.717, 1.165) is 13.1 Å². The number of ether oxygens (including phenoxy) is 2. The second-order valence-electron chi connectivity index (χ2n) is 8.60. The molecule has 1 aliphatic heterocycles. The van der Waals surface area contributed by atoms with Crippen molar-refractivity contribution in [1.82, 2.24) is 30.5 Å². The molecule has 39 heavy (non-hydrogen) atoms. The maximum Gasteiger partial charge on any atom is 0.405 e. The minimum atomic E-state index is -4.54. The van der Waals surface area contributed by atoms with Crippen LogP contribution >= 0.6 is 0 Å². The smallest absolute Gasteiger partial charge is 0.405 e. The number of rotatable bonds is 10. The van der Waals surface area contributed by atoms with E-state index in [1.165, 1.54) is 47.1 Å². The number of morpholine rings is 1. The first-order valence-corrected chi connectivity index (χ1v) is 12.1. The van der Waals surface area contributed by atoms with E-state index in [0.29, 0.717) is 32.0 Å². The molecular formula is C25H26F4N6O4. The number of aromatic nitrogens is 3. The third kappa shape index (κ3) is 7.97. The van der Waals surface area contributed by atoms with Crippen LogP contribution in [0.3, 0.4) is 0 Å². The Hall–Kier alpha value is -4.04. The standard InChI is InChI=1S/C25H26F4N6O4/c26-18-2-1-3-20(14-18)39-15-21-22(24(37)30-8-9-34-10-12-38-13-11-34)32-33-35(21)19-6-4-17(5-7-19)23(36)31-16-25(27,28)29/h1-7,14H,8-13,15-16H2,(H,30,37)(H,31,36). The molecule has 14 heteroatoms. The summed E-state index contributed by atoms with van der Waals surface area (Å²) in [6, 6.07) is 11.0. The molecule has 0 bridgehead atoms. The minimum absolute atomic E-state index is 0.00163. The van der Waals surface area contributed by atoms with Crippen LogP contribution in [0.25, 0.3) is 5.69 Å². The largest absolute Gasteiger partial charge is 0.487 e. The van der Waals surface area contributed by atoms with Crippen molar-refractivity contribution in [3.05, 3.63) is 71.3 Å². The van der Waals surface area contributed by atoms with Crippen LogP contribution in [-0.4, -0.2) is 83.8 Å². The molecule has 2 N–H and O–H groups in total. The predicted octanol–water partition coefficient (Wildman–Crippen LogP) is 2.34. The van der Waals surface area contributed by atoms with Crippen molar-refractivity contribution in [2.75, 3.05) is 45.9 Å². The number of benzene rings is 2. The van der Waals surface area contributed by atoms with Gasteiger partial charge in [0.15, 0.2) is 5.69 Å². The summed E-state index contributed by atoms with van der Waals surface area (Å²) in [5.41, 5.74) is 0.611. The van der Waals surface area contributed by atoms with Crippen molar-refractivity contribution in [2.24, 2.45) is 0 Å². The molecular weight excluding hydrogens is 524 g/mol. The SMILES string of the molecule is O=C(NCC(F)(F)F)c1ccc(-n2nnc(C(=O)NCCN3CCOCC3)c2COc2cccc(F)c2)cc1. The van der Waals surface area contributed by atoms with E-state index in [-0.39, 0.29) is 29.3 Å². The number of amides is 2. The Kier molecular flexibility index (Phi) is 9.09. The fraction of sp³-hybridized carbons (Fsp3) is 0.360. The number of nitrogens with zero attached hydrogens (tertiary/aromatic N) is 4. The van der Waals surface area contributed by atoms with E-state index < -0.39 is 30.4 Å². The molecule has 0 spiro atoms. The normalized spacial score (nSPS) is 14.2. The highest BCUT2D eigenvalue weighted by Gasteiger charge is 2.28. The molecule has 0 unspecified atom stereocenters. The van der Waals surface area contributed by atoms with Gasteiger partial charge in [-0.3, -0.25) is 14.5 Å². The van der Waals surface area contributed by atoms with Gasteiger partial charge in [0.1, 0.15) is 30.4 Å². The van der Waals surface area contributed by atoms with E-state index in [2.05, 4.69) is 20.5 Å². The lowest BCUT2D eigenvalue weighted by Gasteiger charge is -2.26. The highest BCUT2D eigenvalue weighted by Crippen LogP contribution is 2.19. The third-order valence-electron chi connectivity index (χ3n) is 5.79. The van der Waals surface area contributed by atoms with Crippen molar-refractivity contribution in [3.8, 4) is 11.4 Å². The first-order valence-electron chi connectivity index (χ1n) is 12.1. The van der Waals surface area contributed by atoms with Crippen LogP contribution in [-0.2, 0) is 11.3 Å². The minimum Gasteiger partial charge on any atom is -0.487 e. The summed E-state index contributed by atoms with van der Waals surface area (Å²) in [6.07, 6.45) is -4.54. The van der Waals surface area contributed by atoms with Gasteiger partial charge >= 0.3 is 6.18 Å². The highest BCUT2D eigenvalue weighted by molar-refractivity contribution is 5.94. The molecule has 4 rings (SSSR count). The monoisotopic (exact) mass is 550 g/mol. The van der Waals surface area contributed by atoms with Crippen LogP contribution in [0.5, 0.6) is 5.75 Å². The van der Waals surface area contributed by atoms with Gasteiger partial charge in [0, 0.05) is 37.8 Å². The van der Waals surface area contributed by atoms with Gasteiger partial charge in [0.05, 0.1) is 18.9 Å². The number of hydrogen-bond acceptors (Lipinski definition) is 7. The molecule has 208 valence electrons. The predicted molar refractivity (Wildman–Crippen MR) is 130 cm³/mol. The molecule has 2 aromatic carbocycles. The molecule has 0 radical (unpaired) electrons. The molecule has 0 saturated carbocycles. The van der Waals surface area contributed by atoms with Crippen LogP contribution in [0.4, 0.5) is 17.6 Å². The van der Waals surface area contributed by atoms with E-state index in [1.807, 2.05) is 0 Å². The number of alkyl halides is 3. The summed E-state index contributed by atoms with van der Waals surface area (Å²) in [5, 5.41) is 12.7. The van der Waals surface area contributed by atoms with Crippen LogP contribution in [0.2, 0.25) is 0 Å². The third-order valence-corrected chi connectivity index (χ3v) is 5.79. The summed E-state index contributed by atoms with van der Waals surface area (Å²) in [7, 11) is 0. The fourth-order valence-electron chi connectivity index (χ4n) is 3.80. The Bertz CT molecular complexity index is 1280. The van der Waals surface area contributed by atoms with Crippen molar-refractivity contribution < 1.29 is 36.6 Å². The number of carbonyl (C=O) groups is 2. The fourth-order valence-corrected chi connectivity index (χ4v) is 3.80. The zero-order valence-corrected chi connectivity index (χ0v) is 20.7. The molecule has 1 saturated heterocycles. The van der Waals surface area contributed by atoms with Gasteiger partial charge in [-0.25, -0.2) is 9.07 Å². The average Bonchev–Trinajstić information content (AvgIpc) is 3.35. The summed E-state index contributed by atoms with van der Waals surface area (Å²) >= 11 is 0. The maximum atomic E-state index is 13.6. The Morgan fingerprint density at radius 3 is 2.46 bits per heavy atom. The number of halogens is 4. The van der Waals surface area contributed by atoms with Crippen LogP contribution in [0.1, 0.15) is 26.5 Å². The molecule has 10 nitrogen and oxygen atoms in total. The van der Waals surface area contributed by atoms with Crippen LogP contribution in [0, 0.1) is 5.82 Å². The molecule has 0 aliphatic carbocycles. The van der Waals surface area contributed by atoms with Crippen molar-refractivity contribution in [1.29, 1.82) is 0 Å². The van der Waals surface area contributed by atoms with Crippen molar-refractivity contribution in [2.45, 2.75) is 12.8 Å². The van der Waals surface area contributed by atoms with Crippen LogP contribution < -0.4 is 15.4 Å². The van der Waals surface area contributed by atoms with Crippen LogP contribution in [0.15, 0.2) is 48.5 Å². The molecule has 1 aliphatic rings. The molecule has 1 fully saturated rings. The van der Waals surface area contributed by atoms with Gasteiger partial charge in [-0.2, -0.15) is 13.2 Å². The lowest BCUT2D eigenvalue weighted by atomic mass is 10.2. The Morgan fingerprint density at radius 2 is 1.77 bits per heavy atom. The maximum absolute atomic E-state index is 13.6. The molecule has 3 aromatic rings. The van der Waals surface area contributed by atoms with E-state index in [1.54, 1.807) is 11.4 Å². The van der Waals surface area contributed by atoms with Gasteiger partial charge in [-0.15, -0.1) is 5.10 Å². The number of hydrogen-bond donors (Lipinski definition) is 2. The zero-order chi connectivity index (χ0) is 27.8. The number of nitrogens with one attached hydrogen (secondary N) is 2. The Balaban J connectivity index is 1.51. The highest BCUT2D eigenvalue weighted by atomic mass is 19.4. The quantitative estimate of drug-likeness (QED) is 0.373. The first kappa shape index (κ1) is 28.0. The lowest BCUT2D eigenvalue weighted by Crippen LogP contribution is -2.41. The summed E-state index contributed by atoms with van der Waals surface area (Å²) < 4.78 is 63.2. The first-order chi connectivity index (χ1) is 18.7. The van der Waals surface area contributed by atoms with Gasteiger partial charge < -0.3 is 20.1 Å². The second-order valence-corrected chi connectivity index (χ2v) is 8.60. The molecule has 0 atom stereocenters. The second kappa shape index (κ2) is 12.7. The Morgan fingerprint density at radius 1 is 1.03 bits per heavy atom. The summed E-state index contributed by atoms with van der Waals surface area (Å²) in [5.74, 6) is -1.67. The van der Waals surface area contributed by atoms with Crippen molar-refractivity contribution >= 4 is 11.8 Å². The van der Waals surface area contributed by atoms with E-state index in [4.69, 9.17) is 9.47 Å². The summed E-state index contributed by atoms with van der Waals surface area (Å²) in [6.45, 7) is 2.12. The lowest BCUT2D eigenvalue weighted by molar-refractivity contribution is -0.123. The van der Waals surface area contributed by atoms with Crippen molar-refractivity contribution in [3.63, 3.8) is 0 Å². The van der Waals surface area contributed by atoms with E-state index in [9.17, 15) is 27.2 Å². The molecule has 2 heterocycles.